The molecule has 0 fully saturated rings. The second-order valence-electron chi connectivity index (χ2n) is 6.52. The number of amides is 1. The molecule has 0 saturated heterocycles. The zero-order valence-corrected chi connectivity index (χ0v) is 15.1. The molecule has 27 heavy (non-hydrogen) atoms. The maximum atomic E-state index is 12.5. The van der Waals surface area contributed by atoms with E-state index in [1.54, 1.807) is 24.4 Å². The minimum Gasteiger partial charge on any atom is -0.480 e. The smallest absolute Gasteiger partial charge is 0.326 e. The fraction of sp³-hybridized carbons (Fsp3) is 0.190. The highest BCUT2D eigenvalue weighted by Crippen LogP contribution is 2.19. The second kappa shape index (κ2) is 7.86. The van der Waals surface area contributed by atoms with Gasteiger partial charge in [0.25, 0.3) is 5.91 Å². The van der Waals surface area contributed by atoms with E-state index < -0.39 is 17.9 Å². The van der Waals surface area contributed by atoms with Crippen molar-refractivity contribution in [1.29, 1.82) is 0 Å². The monoisotopic (exact) mass is 364 g/mol. The number of benzene rings is 2. The maximum absolute atomic E-state index is 12.5. The molecule has 138 valence electrons. The third-order valence-corrected chi connectivity index (χ3v) is 4.20. The van der Waals surface area contributed by atoms with Gasteiger partial charge in [0.1, 0.15) is 6.04 Å². The molecular formula is C21H20N2O4. The molecule has 0 aliphatic carbocycles. The van der Waals surface area contributed by atoms with Gasteiger partial charge in [-0.25, -0.2) is 4.79 Å². The van der Waals surface area contributed by atoms with E-state index in [-0.39, 0.29) is 6.42 Å². The third-order valence-electron chi connectivity index (χ3n) is 4.20. The zero-order chi connectivity index (χ0) is 19.4. The predicted molar refractivity (Wildman–Crippen MR) is 100 cm³/mol. The molecule has 0 aliphatic heterocycles. The maximum Gasteiger partial charge on any atom is 0.326 e. The van der Waals surface area contributed by atoms with Crippen LogP contribution in [0.5, 0.6) is 0 Å². The van der Waals surface area contributed by atoms with Gasteiger partial charge in [0.05, 0.1) is 6.20 Å². The number of carbonyl (C=O) groups is 2. The summed E-state index contributed by atoms with van der Waals surface area (Å²) >= 11 is 0. The Labute approximate surface area is 156 Å². The molecule has 2 N–H and O–H groups in total. The first-order valence-electron chi connectivity index (χ1n) is 8.54. The standard InChI is InChI=1S/C21H20N2O4/c1-13-9-14(2)11-17(10-13)20(24)23-18(21(25)26)12-15-3-5-16(6-4-15)19-7-8-22-27-19/h3-11,18H,12H2,1-2H3,(H,23,24)(H,25,26)/t18-/m0/s1. The van der Waals surface area contributed by atoms with Crippen LogP contribution in [-0.2, 0) is 11.2 Å². The molecule has 0 unspecified atom stereocenters. The first kappa shape index (κ1) is 18.4. The van der Waals surface area contributed by atoms with Crippen molar-refractivity contribution in [2.45, 2.75) is 26.3 Å². The summed E-state index contributed by atoms with van der Waals surface area (Å²) in [4.78, 5) is 24.1. The number of aromatic nitrogens is 1. The molecule has 0 saturated carbocycles. The number of hydrogen-bond donors (Lipinski definition) is 2. The highest BCUT2D eigenvalue weighted by Gasteiger charge is 2.21. The SMILES string of the molecule is Cc1cc(C)cc(C(=O)N[C@@H](Cc2ccc(-c3ccno3)cc2)C(=O)O)c1. The van der Waals surface area contributed by atoms with Crippen LogP contribution in [0.3, 0.4) is 0 Å². The molecule has 6 heteroatoms. The number of aliphatic carboxylic acids is 1. The van der Waals surface area contributed by atoms with Crippen LogP contribution >= 0.6 is 0 Å². The van der Waals surface area contributed by atoms with E-state index in [0.29, 0.717) is 11.3 Å². The summed E-state index contributed by atoms with van der Waals surface area (Å²) in [7, 11) is 0. The summed E-state index contributed by atoms with van der Waals surface area (Å²) in [6.45, 7) is 3.79. The number of hydrogen-bond acceptors (Lipinski definition) is 4. The number of rotatable bonds is 6. The van der Waals surface area contributed by atoms with E-state index in [1.165, 1.54) is 0 Å². The predicted octanol–water partition coefficient (Wildman–Crippen LogP) is 3.38. The van der Waals surface area contributed by atoms with E-state index in [4.69, 9.17) is 4.52 Å². The van der Waals surface area contributed by atoms with Gasteiger partial charge >= 0.3 is 5.97 Å². The van der Waals surface area contributed by atoms with Gasteiger partial charge in [-0.2, -0.15) is 0 Å². The van der Waals surface area contributed by atoms with Gasteiger partial charge in [-0.05, 0) is 31.5 Å². The fourth-order valence-electron chi connectivity index (χ4n) is 2.95. The summed E-state index contributed by atoms with van der Waals surface area (Å²) in [6, 6.07) is 13.5. The molecule has 3 rings (SSSR count). The van der Waals surface area contributed by atoms with Crippen LogP contribution in [0.1, 0.15) is 27.0 Å². The normalized spacial score (nSPS) is 11.8. The third kappa shape index (κ3) is 4.61. The van der Waals surface area contributed by atoms with E-state index in [9.17, 15) is 14.7 Å². The first-order valence-corrected chi connectivity index (χ1v) is 8.54. The van der Waals surface area contributed by atoms with Gasteiger partial charge in [0.15, 0.2) is 5.76 Å². The topological polar surface area (TPSA) is 92.4 Å². The Morgan fingerprint density at radius 2 is 1.74 bits per heavy atom. The molecule has 0 bridgehead atoms. The van der Waals surface area contributed by atoms with Crippen LogP contribution in [0.25, 0.3) is 11.3 Å². The molecular weight excluding hydrogens is 344 g/mol. The van der Waals surface area contributed by atoms with Crippen LogP contribution in [0, 0.1) is 13.8 Å². The number of nitrogens with one attached hydrogen (secondary N) is 1. The first-order chi connectivity index (χ1) is 12.9. The van der Waals surface area contributed by atoms with E-state index in [1.807, 2.05) is 44.2 Å². The van der Waals surface area contributed by atoms with Crippen LogP contribution in [-0.4, -0.2) is 28.2 Å². The number of carboxylic acid groups (broad SMARTS) is 1. The van der Waals surface area contributed by atoms with Crippen molar-refractivity contribution in [2.75, 3.05) is 0 Å². The highest BCUT2D eigenvalue weighted by atomic mass is 16.5. The Morgan fingerprint density at radius 3 is 2.30 bits per heavy atom. The summed E-state index contributed by atoms with van der Waals surface area (Å²) in [5, 5.41) is 15.8. The van der Waals surface area contributed by atoms with Crippen LogP contribution in [0.4, 0.5) is 0 Å². The van der Waals surface area contributed by atoms with Crippen LogP contribution in [0.15, 0.2) is 59.3 Å². The average Bonchev–Trinajstić information content (AvgIpc) is 3.15. The summed E-state index contributed by atoms with van der Waals surface area (Å²) < 4.78 is 5.10. The van der Waals surface area contributed by atoms with Gasteiger partial charge in [0.2, 0.25) is 0 Å². The van der Waals surface area contributed by atoms with Crippen molar-refractivity contribution in [2.24, 2.45) is 0 Å². The lowest BCUT2D eigenvalue weighted by molar-refractivity contribution is -0.139. The largest absolute Gasteiger partial charge is 0.480 e. The molecule has 0 radical (unpaired) electrons. The Morgan fingerprint density at radius 1 is 1.07 bits per heavy atom. The molecule has 6 nitrogen and oxygen atoms in total. The van der Waals surface area contributed by atoms with E-state index >= 15 is 0 Å². The second-order valence-corrected chi connectivity index (χ2v) is 6.52. The van der Waals surface area contributed by atoms with Crippen molar-refractivity contribution in [3.8, 4) is 11.3 Å². The van der Waals surface area contributed by atoms with Crippen molar-refractivity contribution in [3.63, 3.8) is 0 Å². The highest BCUT2D eigenvalue weighted by molar-refractivity contribution is 5.97. The van der Waals surface area contributed by atoms with Crippen LogP contribution < -0.4 is 5.32 Å². The Balaban J connectivity index is 1.72. The number of nitrogens with zero attached hydrogens (tertiary/aromatic N) is 1. The molecule has 0 aliphatic rings. The Kier molecular flexibility index (Phi) is 5.35. The molecule has 1 aromatic heterocycles. The Bertz CT molecular complexity index is 927. The number of carboxylic acids is 1. The van der Waals surface area contributed by atoms with Gasteiger partial charge in [-0.15, -0.1) is 0 Å². The van der Waals surface area contributed by atoms with Gasteiger partial charge in [-0.3, -0.25) is 4.79 Å². The lowest BCUT2D eigenvalue weighted by atomic mass is 10.0. The summed E-state index contributed by atoms with van der Waals surface area (Å²) in [5.74, 6) is -0.834. The van der Waals surface area contributed by atoms with Gasteiger partial charge in [-0.1, -0.05) is 46.6 Å². The van der Waals surface area contributed by atoms with Gasteiger partial charge < -0.3 is 14.9 Å². The minimum atomic E-state index is -1.08. The summed E-state index contributed by atoms with van der Waals surface area (Å²) in [6.07, 6.45) is 1.74. The van der Waals surface area contributed by atoms with Crippen LogP contribution in [0.2, 0.25) is 0 Å². The Hall–Kier alpha value is -3.41. The van der Waals surface area contributed by atoms with Crippen molar-refractivity contribution in [1.82, 2.24) is 10.5 Å². The fourth-order valence-corrected chi connectivity index (χ4v) is 2.95. The molecule has 3 aromatic rings. The molecule has 1 atom stereocenters. The molecule has 2 aromatic carbocycles. The van der Waals surface area contributed by atoms with Crippen molar-refractivity contribution >= 4 is 11.9 Å². The summed E-state index contributed by atoms with van der Waals surface area (Å²) in [5.41, 5.74) is 4.01. The number of carbonyl (C=O) groups excluding carboxylic acids is 1. The molecule has 1 amide bonds. The number of aryl methyl sites for hydroxylation is 2. The molecule has 1 heterocycles. The lowest BCUT2D eigenvalue weighted by Crippen LogP contribution is -2.42. The van der Waals surface area contributed by atoms with Crippen molar-refractivity contribution < 1.29 is 19.2 Å². The lowest BCUT2D eigenvalue weighted by Gasteiger charge is -2.15. The zero-order valence-electron chi connectivity index (χ0n) is 15.1. The van der Waals surface area contributed by atoms with Crippen molar-refractivity contribution in [3.05, 3.63) is 77.0 Å². The minimum absolute atomic E-state index is 0.183. The van der Waals surface area contributed by atoms with Gasteiger partial charge in [0, 0.05) is 23.6 Å². The average molecular weight is 364 g/mol. The quantitative estimate of drug-likeness (QED) is 0.699. The van der Waals surface area contributed by atoms with E-state index in [0.717, 1.165) is 22.3 Å². The van der Waals surface area contributed by atoms with E-state index in [2.05, 4.69) is 10.5 Å². The molecule has 0 spiro atoms.